The van der Waals surface area contributed by atoms with E-state index in [0.29, 0.717) is 0 Å². The summed E-state index contributed by atoms with van der Waals surface area (Å²) in [7, 11) is 0. The minimum absolute atomic E-state index is 0.765. The first-order valence-corrected chi connectivity index (χ1v) is 8.29. The predicted octanol–water partition coefficient (Wildman–Crippen LogP) is 3.03. The van der Waals surface area contributed by atoms with E-state index in [1.54, 1.807) is 0 Å². The molecule has 3 fully saturated rings. The van der Waals surface area contributed by atoms with E-state index in [4.69, 9.17) is 0 Å². The lowest BCUT2D eigenvalue weighted by atomic mass is 9.73. The molecule has 18 heavy (non-hydrogen) atoms. The summed E-state index contributed by atoms with van der Waals surface area (Å²) in [6.45, 7) is 6.75. The van der Waals surface area contributed by atoms with Gasteiger partial charge in [-0.25, -0.2) is 0 Å². The molecule has 2 saturated heterocycles. The molecule has 1 saturated carbocycles. The van der Waals surface area contributed by atoms with Gasteiger partial charge >= 0.3 is 0 Å². The van der Waals surface area contributed by atoms with Crippen molar-refractivity contribution in [1.82, 2.24) is 10.2 Å². The number of likely N-dealkylation sites (tertiary alicyclic amines) is 1. The van der Waals surface area contributed by atoms with Crippen molar-refractivity contribution < 1.29 is 0 Å². The average molecular weight is 250 g/mol. The monoisotopic (exact) mass is 250 g/mol. The molecule has 0 radical (unpaired) electrons. The molecule has 0 aromatic heterocycles. The molecule has 104 valence electrons. The Bertz CT molecular complexity index is 242. The van der Waals surface area contributed by atoms with Gasteiger partial charge in [0, 0.05) is 13.1 Å². The van der Waals surface area contributed by atoms with Gasteiger partial charge in [0.25, 0.3) is 0 Å². The number of nitrogens with zero attached hydrogens (tertiary/aromatic N) is 1. The molecular weight excluding hydrogens is 220 g/mol. The van der Waals surface area contributed by atoms with Crippen LogP contribution in [0.15, 0.2) is 0 Å². The number of rotatable bonds is 3. The smallest absolute Gasteiger partial charge is 0.00505 e. The summed E-state index contributed by atoms with van der Waals surface area (Å²) < 4.78 is 0. The summed E-state index contributed by atoms with van der Waals surface area (Å²) in [5.41, 5.74) is 0.765. The molecule has 0 bridgehead atoms. The lowest BCUT2D eigenvalue weighted by Crippen LogP contribution is -2.56. The van der Waals surface area contributed by atoms with Crippen molar-refractivity contribution in [3.63, 3.8) is 0 Å². The van der Waals surface area contributed by atoms with Gasteiger partial charge in [0.15, 0.2) is 0 Å². The number of piperidine rings is 1. The van der Waals surface area contributed by atoms with Crippen LogP contribution in [0.2, 0.25) is 0 Å². The summed E-state index contributed by atoms with van der Waals surface area (Å²) in [4.78, 5) is 2.74. The fraction of sp³-hybridized carbons (Fsp3) is 1.00. The van der Waals surface area contributed by atoms with Gasteiger partial charge in [0.05, 0.1) is 0 Å². The third-order valence-corrected chi connectivity index (χ3v) is 5.53. The SMILES string of the molecule is C1CCCC2(CC1)CN(CCC1CCCNC1)C2. The van der Waals surface area contributed by atoms with Crippen molar-refractivity contribution >= 4 is 0 Å². The molecule has 1 unspecified atom stereocenters. The Labute approximate surface area is 113 Å². The van der Waals surface area contributed by atoms with Gasteiger partial charge in [-0.1, -0.05) is 25.7 Å². The molecule has 0 aromatic carbocycles. The van der Waals surface area contributed by atoms with E-state index in [9.17, 15) is 0 Å². The van der Waals surface area contributed by atoms with Crippen LogP contribution in [0.4, 0.5) is 0 Å². The topological polar surface area (TPSA) is 15.3 Å². The van der Waals surface area contributed by atoms with E-state index in [1.165, 1.54) is 90.5 Å². The Morgan fingerprint density at radius 3 is 2.44 bits per heavy atom. The molecule has 0 aromatic rings. The van der Waals surface area contributed by atoms with Gasteiger partial charge < -0.3 is 10.2 Å². The molecule has 2 heteroatoms. The Morgan fingerprint density at radius 1 is 1.00 bits per heavy atom. The molecule has 1 aliphatic carbocycles. The first-order valence-electron chi connectivity index (χ1n) is 8.29. The van der Waals surface area contributed by atoms with Crippen molar-refractivity contribution in [1.29, 1.82) is 0 Å². The molecule has 3 rings (SSSR count). The lowest BCUT2D eigenvalue weighted by Gasteiger charge is -2.51. The molecule has 3 aliphatic rings. The van der Waals surface area contributed by atoms with Crippen molar-refractivity contribution in [2.45, 2.75) is 57.8 Å². The van der Waals surface area contributed by atoms with Gasteiger partial charge in [-0.2, -0.15) is 0 Å². The maximum atomic E-state index is 3.54. The molecule has 2 nitrogen and oxygen atoms in total. The quantitative estimate of drug-likeness (QED) is 0.828. The zero-order valence-electron chi connectivity index (χ0n) is 11.9. The predicted molar refractivity (Wildman–Crippen MR) is 76.8 cm³/mol. The first-order chi connectivity index (χ1) is 8.86. The van der Waals surface area contributed by atoms with Crippen molar-refractivity contribution in [3.8, 4) is 0 Å². The Hall–Kier alpha value is -0.0800. The summed E-state index contributed by atoms with van der Waals surface area (Å²) in [6, 6.07) is 0. The highest BCUT2D eigenvalue weighted by Crippen LogP contribution is 2.42. The highest BCUT2D eigenvalue weighted by Gasteiger charge is 2.42. The van der Waals surface area contributed by atoms with Crippen LogP contribution in [0.5, 0.6) is 0 Å². The number of hydrogen-bond acceptors (Lipinski definition) is 2. The zero-order chi connectivity index (χ0) is 12.3. The van der Waals surface area contributed by atoms with Gasteiger partial charge in [-0.05, 0) is 63.1 Å². The molecule has 1 atom stereocenters. The van der Waals surface area contributed by atoms with E-state index < -0.39 is 0 Å². The van der Waals surface area contributed by atoms with E-state index in [2.05, 4.69) is 10.2 Å². The van der Waals surface area contributed by atoms with E-state index in [-0.39, 0.29) is 0 Å². The van der Waals surface area contributed by atoms with Crippen LogP contribution >= 0.6 is 0 Å². The minimum Gasteiger partial charge on any atom is -0.316 e. The molecule has 1 N–H and O–H groups in total. The largest absolute Gasteiger partial charge is 0.316 e. The van der Waals surface area contributed by atoms with Crippen LogP contribution in [-0.2, 0) is 0 Å². The van der Waals surface area contributed by atoms with Crippen molar-refractivity contribution in [2.24, 2.45) is 11.3 Å². The molecule has 2 aliphatic heterocycles. The highest BCUT2D eigenvalue weighted by molar-refractivity contribution is 4.95. The van der Waals surface area contributed by atoms with Crippen LogP contribution in [0.25, 0.3) is 0 Å². The van der Waals surface area contributed by atoms with Crippen LogP contribution in [0.1, 0.15) is 57.8 Å². The lowest BCUT2D eigenvalue weighted by molar-refractivity contribution is -0.0152. The maximum Gasteiger partial charge on any atom is 0.00505 e. The second kappa shape index (κ2) is 5.92. The van der Waals surface area contributed by atoms with Gasteiger partial charge in [0.2, 0.25) is 0 Å². The van der Waals surface area contributed by atoms with E-state index >= 15 is 0 Å². The standard InChI is InChI=1S/C16H30N2/c1-2-4-9-16(8-3-1)13-18(14-16)11-7-15-6-5-10-17-12-15/h15,17H,1-14H2. The van der Waals surface area contributed by atoms with Crippen LogP contribution < -0.4 is 5.32 Å². The molecule has 0 amide bonds. The van der Waals surface area contributed by atoms with Crippen LogP contribution in [0, 0.1) is 11.3 Å². The maximum absolute atomic E-state index is 3.54. The van der Waals surface area contributed by atoms with Crippen molar-refractivity contribution in [2.75, 3.05) is 32.7 Å². The fourth-order valence-corrected chi connectivity index (χ4v) is 4.39. The van der Waals surface area contributed by atoms with E-state index in [0.717, 1.165) is 11.3 Å². The third kappa shape index (κ3) is 3.08. The number of nitrogens with one attached hydrogen (secondary N) is 1. The van der Waals surface area contributed by atoms with Crippen LogP contribution in [0.3, 0.4) is 0 Å². The summed E-state index contributed by atoms with van der Waals surface area (Å²) in [5.74, 6) is 0.962. The van der Waals surface area contributed by atoms with Crippen LogP contribution in [-0.4, -0.2) is 37.6 Å². The fourth-order valence-electron chi connectivity index (χ4n) is 4.39. The van der Waals surface area contributed by atoms with Gasteiger partial charge in [-0.15, -0.1) is 0 Å². The average Bonchev–Trinajstić information content (AvgIpc) is 2.62. The first kappa shape index (κ1) is 12.9. The molecule has 2 heterocycles. The summed E-state index contributed by atoms with van der Waals surface area (Å²) >= 11 is 0. The zero-order valence-corrected chi connectivity index (χ0v) is 11.9. The second-order valence-corrected chi connectivity index (χ2v) is 7.13. The summed E-state index contributed by atoms with van der Waals surface area (Å²) in [5, 5.41) is 3.54. The van der Waals surface area contributed by atoms with E-state index in [1.807, 2.05) is 0 Å². The normalized spacial score (nSPS) is 33.0. The Morgan fingerprint density at radius 2 is 1.78 bits per heavy atom. The minimum atomic E-state index is 0.765. The Kier molecular flexibility index (Phi) is 4.25. The highest BCUT2D eigenvalue weighted by atomic mass is 15.2. The van der Waals surface area contributed by atoms with Gasteiger partial charge in [-0.3, -0.25) is 0 Å². The third-order valence-electron chi connectivity index (χ3n) is 5.53. The second-order valence-electron chi connectivity index (χ2n) is 7.13. The summed E-state index contributed by atoms with van der Waals surface area (Å²) in [6.07, 6.45) is 13.3. The molecule has 1 spiro atoms. The van der Waals surface area contributed by atoms with Gasteiger partial charge in [0.1, 0.15) is 0 Å². The molecular formula is C16H30N2. The number of hydrogen-bond donors (Lipinski definition) is 1. The Balaban J connectivity index is 1.36. The van der Waals surface area contributed by atoms with Crippen molar-refractivity contribution in [3.05, 3.63) is 0 Å².